The largest absolute Gasteiger partial charge is 0.494 e. The van der Waals surface area contributed by atoms with E-state index in [0.717, 1.165) is 35.6 Å². The minimum absolute atomic E-state index is 0.568. The van der Waals surface area contributed by atoms with Crippen LogP contribution in [0.5, 0.6) is 11.5 Å². The third-order valence-electron chi connectivity index (χ3n) is 3.74. The van der Waals surface area contributed by atoms with Crippen LogP contribution < -0.4 is 15.2 Å². The molecule has 0 amide bonds. The van der Waals surface area contributed by atoms with Crippen LogP contribution in [0.15, 0.2) is 53.9 Å². The molecule has 4 nitrogen and oxygen atoms in total. The number of rotatable bonds is 8. The molecule has 0 fully saturated rings. The molecule has 0 radical (unpaired) electrons. The van der Waals surface area contributed by atoms with Gasteiger partial charge in [-0.15, -0.1) is 11.3 Å². The Morgan fingerprint density at radius 3 is 2.56 bits per heavy atom. The number of hydrogen-bond donors (Lipinski definition) is 1. The summed E-state index contributed by atoms with van der Waals surface area (Å²) in [6.07, 6.45) is 1.87. The van der Waals surface area contributed by atoms with Crippen LogP contribution in [0.2, 0.25) is 0 Å². The molecule has 2 N–H and O–H groups in total. The highest BCUT2D eigenvalue weighted by molar-refractivity contribution is 7.13. The van der Waals surface area contributed by atoms with E-state index in [9.17, 15) is 0 Å². The first kappa shape index (κ1) is 17.3. The molecule has 0 bridgehead atoms. The maximum Gasteiger partial charge on any atom is 0.180 e. The minimum Gasteiger partial charge on any atom is -0.494 e. The SMILES string of the molecule is Cc1cccc(OCCCCOc2ccccc2-c2csc(N)n2)c1. The lowest BCUT2D eigenvalue weighted by molar-refractivity contribution is 0.267. The summed E-state index contributed by atoms with van der Waals surface area (Å²) in [7, 11) is 0. The van der Waals surface area contributed by atoms with Crippen LogP contribution in [0.1, 0.15) is 18.4 Å². The number of aryl methyl sites for hydroxylation is 1. The topological polar surface area (TPSA) is 57.4 Å². The number of aromatic nitrogens is 1. The Balaban J connectivity index is 1.45. The molecule has 0 saturated heterocycles. The number of hydrogen-bond acceptors (Lipinski definition) is 5. The molecule has 0 aliphatic carbocycles. The normalized spacial score (nSPS) is 10.6. The molecule has 0 spiro atoms. The fourth-order valence-corrected chi connectivity index (χ4v) is 3.06. The number of thiazole rings is 1. The molecular weight excluding hydrogens is 332 g/mol. The van der Waals surface area contributed by atoms with Gasteiger partial charge in [0.25, 0.3) is 0 Å². The van der Waals surface area contributed by atoms with Crippen molar-refractivity contribution in [2.24, 2.45) is 0 Å². The summed E-state index contributed by atoms with van der Waals surface area (Å²) >= 11 is 1.44. The average Bonchev–Trinajstić information content (AvgIpc) is 3.05. The van der Waals surface area contributed by atoms with Crippen molar-refractivity contribution in [3.8, 4) is 22.8 Å². The van der Waals surface area contributed by atoms with Crippen LogP contribution in [0.25, 0.3) is 11.3 Å². The molecule has 0 atom stereocenters. The second-order valence-corrected chi connectivity index (χ2v) is 6.68. The number of nitrogens with zero attached hydrogens (tertiary/aromatic N) is 1. The first-order valence-electron chi connectivity index (χ1n) is 8.35. The van der Waals surface area contributed by atoms with Crippen molar-refractivity contribution in [3.63, 3.8) is 0 Å². The van der Waals surface area contributed by atoms with Gasteiger partial charge in [-0.2, -0.15) is 0 Å². The Labute approximate surface area is 152 Å². The van der Waals surface area contributed by atoms with E-state index in [1.807, 2.05) is 47.8 Å². The Hall–Kier alpha value is -2.53. The van der Waals surface area contributed by atoms with Crippen molar-refractivity contribution in [2.45, 2.75) is 19.8 Å². The van der Waals surface area contributed by atoms with Gasteiger partial charge in [-0.25, -0.2) is 4.98 Å². The van der Waals surface area contributed by atoms with E-state index in [1.165, 1.54) is 16.9 Å². The number of unbranched alkanes of at least 4 members (excludes halogenated alkanes) is 1. The Kier molecular flexibility index (Phi) is 5.90. The lowest BCUT2D eigenvalue weighted by Gasteiger charge is -2.10. The zero-order chi connectivity index (χ0) is 17.5. The van der Waals surface area contributed by atoms with Gasteiger partial charge in [0.2, 0.25) is 0 Å². The molecule has 3 rings (SSSR count). The lowest BCUT2D eigenvalue weighted by Crippen LogP contribution is -2.03. The predicted octanol–water partition coefficient (Wildman–Crippen LogP) is 4.94. The summed E-state index contributed by atoms with van der Waals surface area (Å²) < 4.78 is 11.7. The molecule has 0 unspecified atom stereocenters. The van der Waals surface area contributed by atoms with Crippen LogP contribution in [0.4, 0.5) is 5.13 Å². The first-order chi connectivity index (χ1) is 12.2. The Morgan fingerprint density at radius 1 is 1.00 bits per heavy atom. The molecule has 2 aromatic carbocycles. The maximum atomic E-state index is 5.94. The highest BCUT2D eigenvalue weighted by Crippen LogP contribution is 2.31. The fraction of sp³-hybridized carbons (Fsp3) is 0.250. The van der Waals surface area contributed by atoms with E-state index >= 15 is 0 Å². The lowest BCUT2D eigenvalue weighted by atomic mass is 10.1. The fourth-order valence-electron chi connectivity index (χ4n) is 2.50. The third-order valence-corrected chi connectivity index (χ3v) is 4.41. The minimum atomic E-state index is 0.568. The second kappa shape index (κ2) is 8.53. The van der Waals surface area contributed by atoms with Crippen molar-refractivity contribution in [1.29, 1.82) is 0 Å². The summed E-state index contributed by atoms with van der Waals surface area (Å²) in [6, 6.07) is 16.0. The summed E-state index contributed by atoms with van der Waals surface area (Å²) in [5.74, 6) is 1.76. The molecule has 25 heavy (non-hydrogen) atoms. The van der Waals surface area contributed by atoms with Crippen molar-refractivity contribution < 1.29 is 9.47 Å². The maximum absolute atomic E-state index is 5.94. The smallest absolute Gasteiger partial charge is 0.180 e. The van der Waals surface area contributed by atoms with E-state index in [4.69, 9.17) is 15.2 Å². The van der Waals surface area contributed by atoms with E-state index in [0.29, 0.717) is 18.3 Å². The number of nitrogen functional groups attached to an aromatic ring is 1. The van der Waals surface area contributed by atoms with E-state index in [2.05, 4.69) is 18.0 Å². The Morgan fingerprint density at radius 2 is 1.80 bits per heavy atom. The first-order valence-corrected chi connectivity index (χ1v) is 9.23. The number of benzene rings is 2. The molecule has 0 saturated carbocycles. The van der Waals surface area contributed by atoms with Gasteiger partial charge in [-0.05, 0) is 49.6 Å². The van der Waals surface area contributed by atoms with Crippen molar-refractivity contribution in [1.82, 2.24) is 4.98 Å². The van der Waals surface area contributed by atoms with Gasteiger partial charge in [0.15, 0.2) is 5.13 Å². The summed E-state index contributed by atoms with van der Waals surface area (Å²) in [4.78, 5) is 4.34. The van der Waals surface area contributed by atoms with Crippen molar-refractivity contribution in [2.75, 3.05) is 18.9 Å². The molecule has 0 aliphatic rings. The number of anilines is 1. The molecule has 3 aromatic rings. The van der Waals surface area contributed by atoms with E-state index in [1.54, 1.807) is 0 Å². The van der Waals surface area contributed by atoms with Gasteiger partial charge in [-0.1, -0.05) is 24.3 Å². The van der Waals surface area contributed by atoms with Crippen molar-refractivity contribution in [3.05, 3.63) is 59.5 Å². The molecule has 130 valence electrons. The molecular formula is C20H22N2O2S. The Bertz CT molecular complexity index is 817. The summed E-state index contributed by atoms with van der Waals surface area (Å²) in [5.41, 5.74) is 8.78. The van der Waals surface area contributed by atoms with Crippen molar-refractivity contribution >= 4 is 16.5 Å². The van der Waals surface area contributed by atoms with Crippen LogP contribution >= 0.6 is 11.3 Å². The monoisotopic (exact) mass is 354 g/mol. The van der Waals surface area contributed by atoms with Crippen LogP contribution in [0.3, 0.4) is 0 Å². The molecule has 1 aromatic heterocycles. The zero-order valence-corrected chi connectivity index (χ0v) is 15.1. The third kappa shape index (κ3) is 4.97. The standard InChI is InChI=1S/C20H22N2O2S/c1-15-7-6-8-16(13-15)23-11-4-5-12-24-19-10-3-2-9-17(19)18-14-25-20(21)22-18/h2-3,6-10,13-14H,4-5,11-12H2,1H3,(H2,21,22). The van der Waals surface area contributed by atoms with Gasteiger partial charge in [0, 0.05) is 10.9 Å². The predicted molar refractivity (Wildman–Crippen MR) is 103 cm³/mol. The zero-order valence-electron chi connectivity index (χ0n) is 14.3. The molecule has 1 heterocycles. The number of ether oxygens (including phenoxy) is 2. The van der Waals surface area contributed by atoms with Gasteiger partial charge >= 0.3 is 0 Å². The summed E-state index contributed by atoms with van der Waals surface area (Å²) in [6.45, 7) is 3.40. The van der Waals surface area contributed by atoms with Crippen LogP contribution in [-0.2, 0) is 0 Å². The molecule has 5 heteroatoms. The number of para-hydroxylation sites is 1. The van der Waals surface area contributed by atoms with E-state index < -0.39 is 0 Å². The molecule has 0 aliphatic heterocycles. The highest BCUT2D eigenvalue weighted by atomic mass is 32.1. The van der Waals surface area contributed by atoms with Crippen LogP contribution in [-0.4, -0.2) is 18.2 Å². The number of nitrogens with two attached hydrogens (primary N) is 1. The average molecular weight is 354 g/mol. The summed E-state index contributed by atoms with van der Waals surface area (Å²) in [5, 5.41) is 2.52. The quantitative estimate of drug-likeness (QED) is 0.582. The second-order valence-electron chi connectivity index (χ2n) is 5.79. The van der Waals surface area contributed by atoms with Gasteiger partial charge in [0.1, 0.15) is 11.5 Å². The van der Waals surface area contributed by atoms with Crippen LogP contribution in [0, 0.1) is 6.92 Å². The van der Waals surface area contributed by atoms with Gasteiger partial charge in [-0.3, -0.25) is 0 Å². The van der Waals surface area contributed by atoms with E-state index in [-0.39, 0.29) is 0 Å². The highest BCUT2D eigenvalue weighted by Gasteiger charge is 2.08. The van der Waals surface area contributed by atoms with Gasteiger partial charge in [0.05, 0.1) is 18.9 Å². The van der Waals surface area contributed by atoms with Gasteiger partial charge < -0.3 is 15.2 Å².